The summed E-state index contributed by atoms with van der Waals surface area (Å²) >= 11 is 0. The maximum Gasteiger partial charge on any atom is 0.261 e. The van der Waals surface area contributed by atoms with Crippen LogP contribution >= 0.6 is 0 Å². The summed E-state index contributed by atoms with van der Waals surface area (Å²) in [5.41, 5.74) is 2.17. The minimum Gasteiger partial charge on any atom is -0.481 e. The summed E-state index contributed by atoms with van der Waals surface area (Å²) < 4.78 is 5.60. The van der Waals surface area contributed by atoms with E-state index in [1.54, 1.807) is 19.3 Å². The number of amides is 1. The average molecular weight is 270 g/mol. The Hall–Kier alpha value is -2.36. The molecule has 1 amide bonds. The van der Waals surface area contributed by atoms with Crippen molar-refractivity contribution < 1.29 is 9.53 Å². The smallest absolute Gasteiger partial charge is 0.261 e. The van der Waals surface area contributed by atoms with Gasteiger partial charge in [-0.3, -0.25) is 9.78 Å². The summed E-state index contributed by atoms with van der Waals surface area (Å²) in [4.78, 5) is 15.9. The molecule has 0 fully saturated rings. The number of rotatable bonds is 5. The normalized spacial score (nSPS) is 11.7. The van der Waals surface area contributed by atoms with Gasteiger partial charge in [0.1, 0.15) is 5.75 Å². The topological polar surface area (TPSA) is 51.2 Å². The Morgan fingerprint density at radius 1 is 1.20 bits per heavy atom. The molecular formula is C16H18N2O2. The van der Waals surface area contributed by atoms with Gasteiger partial charge in [-0.15, -0.1) is 0 Å². The van der Waals surface area contributed by atoms with E-state index >= 15 is 0 Å². The van der Waals surface area contributed by atoms with E-state index in [1.807, 2.05) is 43.3 Å². The SMILES string of the molecule is Cc1ccc(OC(C)C(=O)NCc2ccncc2)cc1. The highest BCUT2D eigenvalue weighted by molar-refractivity contribution is 5.80. The number of ether oxygens (including phenoxy) is 1. The van der Waals surface area contributed by atoms with Gasteiger partial charge in [-0.1, -0.05) is 17.7 Å². The van der Waals surface area contributed by atoms with E-state index < -0.39 is 6.10 Å². The zero-order valence-corrected chi connectivity index (χ0v) is 11.7. The van der Waals surface area contributed by atoms with Crippen molar-refractivity contribution in [3.8, 4) is 5.75 Å². The quantitative estimate of drug-likeness (QED) is 0.908. The largest absolute Gasteiger partial charge is 0.481 e. The van der Waals surface area contributed by atoms with Crippen molar-refractivity contribution in [2.75, 3.05) is 0 Å². The number of nitrogens with one attached hydrogen (secondary N) is 1. The van der Waals surface area contributed by atoms with Crippen LogP contribution in [0.4, 0.5) is 0 Å². The second kappa shape index (κ2) is 6.70. The number of nitrogens with zero attached hydrogens (tertiary/aromatic N) is 1. The van der Waals surface area contributed by atoms with Gasteiger partial charge < -0.3 is 10.1 Å². The Kier molecular flexibility index (Phi) is 4.71. The first kappa shape index (κ1) is 14.1. The fraction of sp³-hybridized carbons (Fsp3) is 0.250. The Morgan fingerprint density at radius 2 is 1.85 bits per heavy atom. The zero-order valence-electron chi connectivity index (χ0n) is 11.7. The molecule has 2 aromatic rings. The highest BCUT2D eigenvalue weighted by atomic mass is 16.5. The summed E-state index contributed by atoms with van der Waals surface area (Å²) in [5.74, 6) is 0.560. The number of hydrogen-bond acceptors (Lipinski definition) is 3. The molecule has 104 valence electrons. The second-order valence-corrected chi connectivity index (χ2v) is 4.65. The van der Waals surface area contributed by atoms with E-state index in [0.717, 1.165) is 11.1 Å². The van der Waals surface area contributed by atoms with Crippen LogP contribution in [-0.4, -0.2) is 17.0 Å². The van der Waals surface area contributed by atoms with E-state index in [4.69, 9.17) is 4.74 Å². The molecule has 0 saturated carbocycles. The van der Waals surface area contributed by atoms with E-state index in [9.17, 15) is 4.79 Å². The fourth-order valence-corrected chi connectivity index (χ4v) is 1.71. The molecule has 0 radical (unpaired) electrons. The fourth-order valence-electron chi connectivity index (χ4n) is 1.71. The molecule has 1 N–H and O–H groups in total. The number of hydrogen-bond donors (Lipinski definition) is 1. The molecule has 1 unspecified atom stereocenters. The van der Waals surface area contributed by atoms with Crippen LogP contribution in [0.15, 0.2) is 48.8 Å². The lowest BCUT2D eigenvalue weighted by Crippen LogP contribution is -2.35. The molecular weight excluding hydrogens is 252 g/mol. The molecule has 0 aliphatic carbocycles. The van der Waals surface area contributed by atoms with E-state index in [1.165, 1.54) is 0 Å². The molecule has 2 rings (SSSR count). The molecule has 0 saturated heterocycles. The molecule has 20 heavy (non-hydrogen) atoms. The number of aromatic nitrogens is 1. The first-order chi connectivity index (χ1) is 9.65. The second-order valence-electron chi connectivity index (χ2n) is 4.65. The monoisotopic (exact) mass is 270 g/mol. The van der Waals surface area contributed by atoms with Crippen LogP contribution in [0, 0.1) is 6.92 Å². The number of aryl methyl sites for hydroxylation is 1. The Balaban J connectivity index is 1.84. The van der Waals surface area contributed by atoms with E-state index in [2.05, 4.69) is 10.3 Å². The van der Waals surface area contributed by atoms with Crippen LogP contribution in [0.3, 0.4) is 0 Å². The molecule has 4 nitrogen and oxygen atoms in total. The van der Waals surface area contributed by atoms with Crippen LogP contribution in [0.5, 0.6) is 5.75 Å². The predicted octanol–water partition coefficient (Wildman–Crippen LogP) is 2.47. The zero-order chi connectivity index (χ0) is 14.4. The van der Waals surface area contributed by atoms with Gasteiger partial charge in [0, 0.05) is 18.9 Å². The molecule has 1 heterocycles. The maximum atomic E-state index is 11.9. The van der Waals surface area contributed by atoms with E-state index in [0.29, 0.717) is 12.3 Å². The van der Waals surface area contributed by atoms with Crippen molar-refractivity contribution in [1.29, 1.82) is 0 Å². The van der Waals surface area contributed by atoms with Crippen LogP contribution in [0.25, 0.3) is 0 Å². The van der Waals surface area contributed by atoms with E-state index in [-0.39, 0.29) is 5.91 Å². The minimum absolute atomic E-state index is 0.137. The molecule has 1 aromatic heterocycles. The number of benzene rings is 1. The van der Waals surface area contributed by atoms with Gasteiger partial charge in [0.15, 0.2) is 6.10 Å². The van der Waals surface area contributed by atoms with Gasteiger partial charge in [-0.05, 0) is 43.7 Å². The van der Waals surface area contributed by atoms with Crippen molar-refractivity contribution in [3.63, 3.8) is 0 Å². The Morgan fingerprint density at radius 3 is 2.50 bits per heavy atom. The molecule has 0 spiro atoms. The van der Waals surface area contributed by atoms with Crippen molar-refractivity contribution in [2.24, 2.45) is 0 Å². The van der Waals surface area contributed by atoms with Gasteiger partial charge in [0.2, 0.25) is 0 Å². The summed E-state index contributed by atoms with van der Waals surface area (Å²) in [7, 11) is 0. The lowest BCUT2D eigenvalue weighted by atomic mass is 10.2. The van der Waals surface area contributed by atoms with Gasteiger partial charge >= 0.3 is 0 Å². The third kappa shape index (κ3) is 4.09. The minimum atomic E-state index is -0.528. The number of pyridine rings is 1. The predicted molar refractivity (Wildman–Crippen MR) is 77.4 cm³/mol. The van der Waals surface area contributed by atoms with Crippen molar-refractivity contribution in [2.45, 2.75) is 26.5 Å². The van der Waals surface area contributed by atoms with Gasteiger partial charge in [-0.25, -0.2) is 0 Å². The van der Waals surface area contributed by atoms with Gasteiger partial charge in [0.25, 0.3) is 5.91 Å². The van der Waals surface area contributed by atoms with Crippen LogP contribution in [0.2, 0.25) is 0 Å². The third-order valence-electron chi connectivity index (χ3n) is 2.92. The molecule has 1 atom stereocenters. The average Bonchev–Trinajstić information content (AvgIpc) is 2.48. The highest BCUT2D eigenvalue weighted by Crippen LogP contribution is 2.13. The van der Waals surface area contributed by atoms with Crippen molar-refractivity contribution in [1.82, 2.24) is 10.3 Å². The molecule has 4 heteroatoms. The lowest BCUT2D eigenvalue weighted by molar-refractivity contribution is -0.127. The number of carbonyl (C=O) groups excluding carboxylic acids is 1. The summed E-state index contributed by atoms with van der Waals surface area (Å²) in [6.07, 6.45) is 2.88. The Labute approximate surface area is 118 Å². The summed E-state index contributed by atoms with van der Waals surface area (Å²) in [5, 5.41) is 2.84. The molecule has 0 aliphatic rings. The van der Waals surface area contributed by atoms with Crippen LogP contribution in [-0.2, 0) is 11.3 Å². The summed E-state index contributed by atoms with van der Waals surface area (Å²) in [6, 6.07) is 11.4. The van der Waals surface area contributed by atoms with Gasteiger partial charge in [-0.2, -0.15) is 0 Å². The first-order valence-electron chi connectivity index (χ1n) is 6.55. The first-order valence-corrected chi connectivity index (χ1v) is 6.55. The third-order valence-corrected chi connectivity index (χ3v) is 2.92. The van der Waals surface area contributed by atoms with Crippen molar-refractivity contribution >= 4 is 5.91 Å². The maximum absolute atomic E-state index is 11.9. The van der Waals surface area contributed by atoms with Crippen molar-refractivity contribution in [3.05, 3.63) is 59.9 Å². The molecule has 0 aliphatic heterocycles. The number of carbonyl (C=O) groups is 1. The van der Waals surface area contributed by atoms with Crippen LogP contribution in [0.1, 0.15) is 18.1 Å². The molecule has 0 bridgehead atoms. The van der Waals surface area contributed by atoms with Crippen LogP contribution < -0.4 is 10.1 Å². The lowest BCUT2D eigenvalue weighted by Gasteiger charge is -2.14. The molecule has 1 aromatic carbocycles. The standard InChI is InChI=1S/C16H18N2O2/c1-12-3-5-15(6-4-12)20-13(2)16(19)18-11-14-7-9-17-10-8-14/h3-10,13H,11H2,1-2H3,(H,18,19). The summed E-state index contributed by atoms with van der Waals surface area (Å²) in [6.45, 7) is 4.22. The highest BCUT2D eigenvalue weighted by Gasteiger charge is 2.13. The Bertz CT molecular complexity index is 552. The van der Waals surface area contributed by atoms with Gasteiger partial charge in [0.05, 0.1) is 0 Å².